The Labute approximate surface area is 245 Å². The summed E-state index contributed by atoms with van der Waals surface area (Å²) in [7, 11) is -2.76. The molecular formula is C24H26F2N10O7P+. The molecule has 8 atom stereocenters. The van der Waals surface area contributed by atoms with Crippen LogP contribution in [-0.2, 0) is 13.6 Å². The SMILES string of the molecule is Nc1nc2c(ncn2C2CC(C=CO[P+](=O)OC=CC3CC(n4cnc5c(=O)[nH]c(N)nc54)C(F)C3O)C(O)C2F)c(=O)[nH]1. The molecule has 0 aliphatic heterocycles. The van der Waals surface area contributed by atoms with Crippen molar-refractivity contribution in [2.75, 3.05) is 11.5 Å². The molecule has 0 aromatic carbocycles. The van der Waals surface area contributed by atoms with E-state index >= 15 is 8.78 Å². The Morgan fingerprint density at radius 2 is 1.25 bits per heavy atom. The second-order valence-electron chi connectivity index (χ2n) is 10.4. The van der Waals surface area contributed by atoms with E-state index in [1.807, 2.05) is 0 Å². The Kier molecular flexibility index (Phi) is 7.60. The molecule has 232 valence electrons. The molecule has 0 spiro atoms. The molecule has 8 N–H and O–H groups in total. The van der Waals surface area contributed by atoms with Crippen LogP contribution in [0.4, 0.5) is 20.7 Å². The van der Waals surface area contributed by atoms with Crippen LogP contribution in [-0.4, -0.2) is 73.8 Å². The van der Waals surface area contributed by atoms with Gasteiger partial charge in [-0.15, -0.1) is 0 Å². The van der Waals surface area contributed by atoms with Crippen molar-refractivity contribution in [2.45, 2.75) is 49.5 Å². The maximum absolute atomic E-state index is 15.0. The van der Waals surface area contributed by atoms with Crippen LogP contribution in [0.3, 0.4) is 0 Å². The molecular weight excluding hydrogens is 609 g/mol. The molecule has 2 fully saturated rings. The fourth-order valence-electron chi connectivity index (χ4n) is 5.71. The number of aliphatic hydroxyl groups excluding tert-OH is 2. The second kappa shape index (κ2) is 11.4. The molecule has 4 aromatic rings. The van der Waals surface area contributed by atoms with Gasteiger partial charge in [-0.3, -0.25) is 19.6 Å². The highest BCUT2D eigenvalue weighted by molar-refractivity contribution is 7.33. The Morgan fingerprint density at radius 3 is 1.66 bits per heavy atom. The van der Waals surface area contributed by atoms with Crippen molar-refractivity contribution in [1.29, 1.82) is 0 Å². The third-order valence-electron chi connectivity index (χ3n) is 7.85. The number of aromatic amines is 2. The average molecular weight is 636 g/mol. The largest absolute Gasteiger partial charge is 0.804 e. The van der Waals surface area contributed by atoms with Crippen molar-refractivity contribution in [1.82, 2.24) is 39.0 Å². The number of imidazole rings is 2. The first kappa shape index (κ1) is 29.3. The molecule has 0 saturated heterocycles. The fraction of sp³-hybridized carbons (Fsp3) is 0.417. The summed E-state index contributed by atoms with van der Waals surface area (Å²) in [6, 6.07) is -1.83. The number of H-pyrrole nitrogens is 2. The Hall–Kier alpha value is -4.74. The molecule has 4 aromatic heterocycles. The Balaban J connectivity index is 1.05. The molecule has 2 saturated carbocycles. The highest BCUT2D eigenvalue weighted by Gasteiger charge is 2.45. The molecule has 2 aliphatic carbocycles. The average Bonchev–Trinajstić information content (AvgIpc) is 3.72. The number of aliphatic hydroxyl groups is 2. The first-order chi connectivity index (χ1) is 21.0. The molecule has 0 bridgehead atoms. The number of aromatic nitrogens is 8. The van der Waals surface area contributed by atoms with Crippen LogP contribution in [0.2, 0.25) is 0 Å². The monoisotopic (exact) mass is 635 g/mol. The zero-order valence-electron chi connectivity index (χ0n) is 22.5. The number of hydrogen-bond donors (Lipinski definition) is 6. The van der Waals surface area contributed by atoms with E-state index in [0.29, 0.717) is 0 Å². The number of halogens is 2. The highest BCUT2D eigenvalue weighted by atomic mass is 31.1. The number of rotatable bonds is 8. The Bertz CT molecular complexity index is 1770. The van der Waals surface area contributed by atoms with Gasteiger partial charge in [-0.05, 0) is 25.0 Å². The van der Waals surface area contributed by atoms with Gasteiger partial charge >= 0.3 is 8.25 Å². The summed E-state index contributed by atoms with van der Waals surface area (Å²) in [5.74, 6) is -1.84. The summed E-state index contributed by atoms with van der Waals surface area (Å²) in [5, 5.41) is 20.9. The second-order valence-corrected chi connectivity index (χ2v) is 11.3. The van der Waals surface area contributed by atoms with Gasteiger partial charge in [-0.2, -0.15) is 9.97 Å². The highest BCUT2D eigenvalue weighted by Crippen LogP contribution is 2.41. The van der Waals surface area contributed by atoms with Crippen LogP contribution in [0, 0.1) is 11.8 Å². The lowest BCUT2D eigenvalue weighted by Gasteiger charge is -2.16. The Morgan fingerprint density at radius 1 is 0.841 bits per heavy atom. The van der Waals surface area contributed by atoms with Gasteiger partial charge in [0.25, 0.3) is 11.1 Å². The summed E-state index contributed by atoms with van der Waals surface area (Å²) < 4.78 is 54.9. The maximum atomic E-state index is 15.0. The number of anilines is 2. The van der Waals surface area contributed by atoms with E-state index in [-0.39, 0.29) is 47.1 Å². The summed E-state index contributed by atoms with van der Waals surface area (Å²) in [6.45, 7) is 0. The first-order valence-corrected chi connectivity index (χ1v) is 14.4. The fourth-order valence-corrected chi connectivity index (χ4v) is 6.10. The molecule has 8 unspecified atom stereocenters. The van der Waals surface area contributed by atoms with Crippen molar-refractivity contribution in [3.05, 3.63) is 58.0 Å². The van der Waals surface area contributed by atoms with E-state index in [0.717, 1.165) is 12.5 Å². The van der Waals surface area contributed by atoms with Gasteiger partial charge in [0, 0.05) is 16.4 Å². The number of nitrogen functional groups attached to an aromatic ring is 2. The maximum Gasteiger partial charge on any atom is 0.804 e. The van der Waals surface area contributed by atoms with E-state index in [9.17, 15) is 24.4 Å². The minimum absolute atomic E-state index is 0.0258. The van der Waals surface area contributed by atoms with Gasteiger partial charge in [-0.25, -0.2) is 27.8 Å². The number of nitrogens with one attached hydrogen (secondary N) is 2. The van der Waals surface area contributed by atoms with Crippen LogP contribution in [0.25, 0.3) is 22.3 Å². The van der Waals surface area contributed by atoms with Gasteiger partial charge in [0.2, 0.25) is 11.9 Å². The van der Waals surface area contributed by atoms with E-state index in [1.165, 1.54) is 33.9 Å². The van der Waals surface area contributed by atoms with Crippen molar-refractivity contribution in [3.8, 4) is 0 Å². The molecule has 0 amide bonds. The summed E-state index contributed by atoms with van der Waals surface area (Å²) in [6.07, 6.45) is 0.928. The van der Waals surface area contributed by atoms with Crippen molar-refractivity contribution < 1.29 is 32.6 Å². The third kappa shape index (κ3) is 5.18. The minimum atomic E-state index is -2.76. The summed E-state index contributed by atoms with van der Waals surface area (Å²) >= 11 is 0. The van der Waals surface area contributed by atoms with Crippen LogP contribution in [0.15, 0.2) is 46.9 Å². The standard InChI is InChI=1S/C24H25F2N10O7P/c25-13-11(35-7-29-15-19(35)31-23(27)33-21(15)39)5-9(17(13)37)1-3-42-44(41)43-4-2-10-6-12(14(26)18(10)38)36-8-30-16-20(36)32-24(28)34-22(16)40/h1-4,7-14,17-18,37-38H,5-6H2,(H5-,27,28,31,32,33,34,39,40)/p+1. The first-order valence-electron chi connectivity index (χ1n) is 13.3. The van der Waals surface area contributed by atoms with Crippen molar-refractivity contribution in [3.63, 3.8) is 0 Å². The lowest BCUT2D eigenvalue weighted by atomic mass is 10.1. The third-order valence-corrected chi connectivity index (χ3v) is 8.44. The predicted molar refractivity (Wildman–Crippen MR) is 149 cm³/mol. The number of fused-ring (bicyclic) bond motifs is 2. The van der Waals surface area contributed by atoms with Crippen LogP contribution in [0.1, 0.15) is 24.9 Å². The van der Waals surface area contributed by atoms with Crippen LogP contribution >= 0.6 is 8.25 Å². The van der Waals surface area contributed by atoms with Crippen LogP contribution in [0.5, 0.6) is 0 Å². The zero-order valence-corrected chi connectivity index (χ0v) is 23.4. The molecule has 17 nitrogen and oxygen atoms in total. The predicted octanol–water partition coefficient (Wildman–Crippen LogP) is 0.655. The van der Waals surface area contributed by atoms with Gasteiger partial charge in [-0.1, -0.05) is 0 Å². The van der Waals surface area contributed by atoms with E-state index in [2.05, 4.69) is 29.9 Å². The van der Waals surface area contributed by atoms with Crippen molar-refractivity contribution in [2.24, 2.45) is 11.8 Å². The van der Waals surface area contributed by atoms with E-state index < -0.39 is 67.8 Å². The number of nitrogens with zero attached hydrogens (tertiary/aromatic N) is 6. The topological polar surface area (TPSA) is 255 Å². The van der Waals surface area contributed by atoms with E-state index in [4.69, 9.17) is 20.5 Å². The molecule has 4 heterocycles. The van der Waals surface area contributed by atoms with Crippen LogP contribution < -0.4 is 22.6 Å². The summed E-state index contributed by atoms with van der Waals surface area (Å²) in [5.41, 5.74) is 10.1. The molecule has 6 rings (SSSR count). The lowest BCUT2D eigenvalue weighted by molar-refractivity contribution is 0.0702. The minimum Gasteiger partial charge on any atom is -0.389 e. The molecule has 2 aliphatic rings. The van der Waals surface area contributed by atoms with Gasteiger partial charge < -0.3 is 30.8 Å². The number of hydrogen-bond acceptors (Lipinski definition) is 13. The molecule has 0 radical (unpaired) electrons. The lowest BCUT2D eigenvalue weighted by Crippen LogP contribution is -2.25. The normalized spacial score (nSPS) is 29.4. The zero-order chi connectivity index (χ0) is 31.3. The molecule has 20 heteroatoms. The number of alkyl halides is 2. The molecule has 44 heavy (non-hydrogen) atoms. The van der Waals surface area contributed by atoms with Gasteiger partial charge in [0.15, 0.2) is 34.9 Å². The quantitative estimate of drug-likeness (QED) is 0.115. The van der Waals surface area contributed by atoms with Crippen molar-refractivity contribution >= 4 is 42.5 Å². The van der Waals surface area contributed by atoms with Gasteiger partial charge in [0.1, 0.15) is 12.3 Å². The summed E-state index contributed by atoms with van der Waals surface area (Å²) in [4.78, 5) is 44.7. The smallest absolute Gasteiger partial charge is 0.389 e. The van der Waals surface area contributed by atoms with Gasteiger partial charge in [0.05, 0.1) is 36.9 Å². The van der Waals surface area contributed by atoms with E-state index in [1.54, 1.807) is 0 Å². The number of nitrogens with two attached hydrogens (primary N) is 2.